The first-order chi connectivity index (χ1) is 13.7. The van der Waals surface area contributed by atoms with Crippen LogP contribution >= 0.6 is 11.8 Å². The molecule has 7 heteroatoms. The molecule has 1 heterocycles. The summed E-state index contributed by atoms with van der Waals surface area (Å²) in [6.45, 7) is 2.86. The van der Waals surface area contributed by atoms with Crippen LogP contribution in [0.25, 0.3) is 22.1 Å². The lowest BCUT2D eigenvalue weighted by Crippen LogP contribution is -2.40. The van der Waals surface area contributed by atoms with Crippen LogP contribution in [0.15, 0.2) is 57.8 Å². The summed E-state index contributed by atoms with van der Waals surface area (Å²) in [5.74, 6) is -0.222. The summed E-state index contributed by atoms with van der Waals surface area (Å²) < 4.78 is 59.7. The minimum absolute atomic E-state index is 0.0109. The van der Waals surface area contributed by atoms with E-state index in [1.807, 2.05) is 36.6 Å². The number of benzene rings is 2. The Balaban J connectivity index is 1.91. The van der Waals surface area contributed by atoms with Gasteiger partial charge in [-0.1, -0.05) is 24.3 Å². The molecule has 3 unspecified atom stereocenters. The van der Waals surface area contributed by atoms with Gasteiger partial charge in [0.1, 0.15) is 11.3 Å². The van der Waals surface area contributed by atoms with Gasteiger partial charge in [0.2, 0.25) is 0 Å². The van der Waals surface area contributed by atoms with Gasteiger partial charge in [-0.25, -0.2) is 4.39 Å². The Bertz CT molecular complexity index is 950. The minimum atomic E-state index is -4.56. The van der Waals surface area contributed by atoms with Gasteiger partial charge >= 0.3 is 6.18 Å². The largest absolute Gasteiger partial charge is 0.459 e. The molecule has 2 nitrogen and oxygen atoms in total. The number of rotatable bonds is 7. The predicted molar refractivity (Wildman–Crippen MR) is 110 cm³/mol. The minimum Gasteiger partial charge on any atom is -0.459 e. The fourth-order valence-electron chi connectivity index (χ4n) is 3.33. The van der Waals surface area contributed by atoms with Crippen LogP contribution in [0.3, 0.4) is 0 Å². The Morgan fingerprint density at radius 1 is 1.00 bits per heavy atom. The first-order valence-electron chi connectivity index (χ1n) is 9.32. The second-order valence-corrected chi connectivity index (χ2v) is 8.07. The van der Waals surface area contributed by atoms with E-state index in [-0.39, 0.29) is 12.2 Å². The highest BCUT2D eigenvalue weighted by Gasteiger charge is 2.43. The van der Waals surface area contributed by atoms with Gasteiger partial charge in [0.15, 0.2) is 6.04 Å². The van der Waals surface area contributed by atoms with E-state index in [2.05, 4.69) is 5.32 Å². The lowest BCUT2D eigenvalue weighted by atomic mass is 10.0. The highest BCUT2D eigenvalue weighted by molar-refractivity contribution is 7.98. The molecule has 0 radical (unpaired) electrons. The quantitative estimate of drug-likeness (QED) is 0.321. The third-order valence-corrected chi connectivity index (χ3v) is 5.45. The summed E-state index contributed by atoms with van der Waals surface area (Å²) in [5, 5.41) is 3.05. The molecule has 0 saturated carbocycles. The number of thioether (sulfide) groups is 1. The van der Waals surface area contributed by atoms with Crippen LogP contribution in [0.5, 0.6) is 0 Å². The molecule has 0 fully saturated rings. The van der Waals surface area contributed by atoms with Gasteiger partial charge < -0.3 is 4.42 Å². The van der Waals surface area contributed by atoms with E-state index in [0.717, 1.165) is 16.0 Å². The number of alkyl halides is 4. The predicted octanol–water partition coefficient (Wildman–Crippen LogP) is 7.15. The number of hydrogen-bond acceptors (Lipinski definition) is 3. The van der Waals surface area contributed by atoms with Crippen molar-refractivity contribution in [3.63, 3.8) is 0 Å². The Hall–Kier alpha value is -1.99. The standard InChI is InChI=1S/C22H23F4NOS/c1-13(23)10-14(2)27-21(22(24,25)26)20-12-17-5-4-16(11-19(17)28-20)15-6-8-18(29-3)9-7-15/h4-9,11-14,21,27H,10H2,1-3H3. The van der Waals surface area contributed by atoms with Gasteiger partial charge in [0, 0.05) is 16.3 Å². The number of nitrogens with one attached hydrogen (secondary N) is 1. The van der Waals surface area contributed by atoms with Crippen LogP contribution in [-0.2, 0) is 0 Å². The zero-order valence-electron chi connectivity index (χ0n) is 16.4. The van der Waals surface area contributed by atoms with Crippen molar-refractivity contribution in [2.45, 2.75) is 49.6 Å². The molecule has 0 aliphatic heterocycles. The maximum atomic E-state index is 13.6. The molecule has 0 aliphatic rings. The van der Waals surface area contributed by atoms with Crippen molar-refractivity contribution < 1.29 is 22.0 Å². The Kier molecular flexibility index (Phi) is 6.58. The van der Waals surface area contributed by atoms with Crippen molar-refractivity contribution in [1.29, 1.82) is 0 Å². The lowest BCUT2D eigenvalue weighted by molar-refractivity contribution is -0.163. The summed E-state index contributed by atoms with van der Waals surface area (Å²) in [6.07, 6.45) is -3.77. The third kappa shape index (κ3) is 5.34. The topological polar surface area (TPSA) is 25.2 Å². The molecule has 0 saturated heterocycles. The molecule has 0 amide bonds. The molecule has 3 rings (SSSR count). The van der Waals surface area contributed by atoms with E-state index in [4.69, 9.17) is 4.42 Å². The van der Waals surface area contributed by atoms with Crippen LogP contribution in [0.2, 0.25) is 0 Å². The van der Waals surface area contributed by atoms with Crippen molar-refractivity contribution in [3.05, 3.63) is 54.3 Å². The van der Waals surface area contributed by atoms with Gasteiger partial charge in [0.25, 0.3) is 0 Å². The summed E-state index contributed by atoms with van der Waals surface area (Å²) in [4.78, 5) is 1.13. The van der Waals surface area contributed by atoms with E-state index < -0.39 is 24.4 Å². The fraction of sp³-hybridized carbons (Fsp3) is 0.364. The zero-order chi connectivity index (χ0) is 21.2. The second kappa shape index (κ2) is 8.79. The molecule has 2 aromatic carbocycles. The zero-order valence-corrected chi connectivity index (χ0v) is 17.2. The molecule has 1 aromatic heterocycles. The molecule has 0 aliphatic carbocycles. The molecular formula is C22H23F4NOS. The van der Waals surface area contributed by atoms with Crippen LogP contribution in [0.4, 0.5) is 17.6 Å². The fourth-order valence-corrected chi connectivity index (χ4v) is 3.74. The molecule has 3 atom stereocenters. The Labute approximate surface area is 171 Å². The average Bonchev–Trinajstić information content (AvgIpc) is 3.07. The molecule has 0 spiro atoms. The van der Waals surface area contributed by atoms with Crippen molar-refractivity contribution in [2.75, 3.05) is 6.26 Å². The third-order valence-electron chi connectivity index (χ3n) is 4.70. The van der Waals surface area contributed by atoms with E-state index in [1.54, 1.807) is 23.9 Å². The van der Waals surface area contributed by atoms with Crippen LogP contribution in [0.1, 0.15) is 32.1 Å². The van der Waals surface area contributed by atoms with Gasteiger partial charge in [-0.3, -0.25) is 5.32 Å². The van der Waals surface area contributed by atoms with Crippen molar-refractivity contribution in [2.24, 2.45) is 0 Å². The maximum absolute atomic E-state index is 13.6. The summed E-state index contributed by atoms with van der Waals surface area (Å²) in [7, 11) is 0. The number of fused-ring (bicyclic) bond motifs is 1. The smallest absolute Gasteiger partial charge is 0.411 e. The first kappa shape index (κ1) is 21.7. The van der Waals surface area contributed by atoms with Gasteiger partial charge in [0.05, 0.1) is 6.17 Å². The van der Waals surface area contributed by atoms with Gasteiger partial charge in [-0.15, -0.1) is 11.8 Å². The molecule has 156 valence electrons. The van der Waals surface area contributed by atoms with Gasteiger partial charge in [-0.2, -0.15) is 13.2 Å². The average molecular weight is 425 g/mol. The summed E-state index contributed by atoms with van der Waals surface area (Å²) in [5.41, 5.74) is 2.20. The lowest BCUT2D eigenvalue weighted by Gasteiger charge is -2.24. The Morgan fingerprint density at radius 2 is 1.66 bits per heavy atom. The molecular weight excluding hydrogens is 402 g/mol. The van der Waals surface area contributed by atoms with Crippen LogP contribution < -0.4 is 5.32 Å². The van der Waals surface area contributed by atoms with Crippen molar-refractivity contribution >= 4 is 22.7 Å². The maximum Gasteiger partial charge on any atom is 0.411 e. The molecule has 0 bridgehead atoms. The second-order valence-electron chi connectivity index (χ2n) is 7.19. The van der Waals surface area contributed by atoms with E-state index in [0.29, 0.717) is 11.0 Å². The molecule has 29 heavy (non-hydrogen) atoms. The van der Waals surface area contributed by atoms with E-state index in [9.17, 15) is 17.6 Å². The van der Waals surface area contributed by atoms with Crippen LogP contribution in [0, 0.1) is 0 Å². The Morgan fingerprint density at radius 3 is 2.24 bits per heavy atom. The number of hydrogen-bond donors (Lipinski definition) is 1. The molecule has 1 N–H and O–H groups in total. The number of furan rings is 1. The number of halogens is 4. The van der Waals surface area contributed by atoms with E-state index >= 15 is 0 Å². The van der Waals surface area contributed by atoms with Crippen LogP contribution in [-0.4, -0.2) is 24.6 Å². The summed E-state index contributed by atoms with van der Waals surface area (Å²) in [6, 6.07) is 12.0. The van der Waals surface area contributed by atoms with Gasteiger partial charge in [-0.05, 0) is 61.9 Å². The molecule has 3 aromatic rings. The normalized spacial score (nSPS) is 15.4. The summed E-state index contributed by atoms with van der Waals surface area (Å²) >= 11 is 1.64. The van der Waals surface area contributed by atoms with E-state index in [1.165, 1.54) is 19.9 Å². The highest BCUT2D eigenvalue weighted by atomic mass is 32.2. The van der Waals surface area contributed by atoms with Crippen molar-refractivity contribution in [1.82, 2.24) is 5.32 Å². The monoisotopic (exact) mass is 425 g/mol. The SMILES string of the molecule is CSc1ccc(-c2ccc3cc(C(NC(C)CC(C)F)C(F)(F)F)oc3c2)cc1. The van der Waals surface area contributed by atoms with Crippen molar-refractivity contribution in [3.8, 4) is 11.1 Å². The highest BCUT2D eigenvalue weighted by Crippen LogP contribution is 2.37. The first-order valence-corrected chi connectivity index (χ1v) is 10.5.